The fourth-order valence-corrected chi connectivity index (χ4v) is 4.62. The first-order valence-corrected chi connectivity index (χ1v) is 10.3. The Morgan fingerprint density at radius 3 is 2.60 bits per heavy atom. The van der Waals surface area contributed by atoms with Gasteiger partial charge in [-0.3, -0.25) is 4.79 Å². The Labute approximate surface area is 156 Å². The molecule has 1 amide bonds. The molecule has 1 aliphatic rings. The lowest BCUT2D eigenvalue weighted by Gasteiger charge is -2.38. The first-order chi connectivity index (χ1) is 11.8. The predicted molar refractivity (Wildman–Crippen MR) is 96.5 cm³/mol. The highest BCUT2D eigenvalue weighted by Gasteiger charge is 2.39. The first kappa shape index (κ1) is 18.3. The fraction of sp³-hybridized carbons (Fsp3) is 0.353. The van der Waals surface area contributed by atoms with Crippen LogP contribution in [0, 0.1) is 0 Å². The van der Waals surface area contributed by atoms with Crippen LogP contribution in [-0.2, 0) is 26.8 Å². The van der Waals surface area contributed by atoms with Gasteiger partial charge in [-0.05, 0) is 36.2 Å². The molecule has 5 nitrogen and oxygen atoms in total. The molecule has 2 aromatic rings. The number of halogens is 2. The van der Waals surface area contributed by atoms with E-state index in [4.69, 9.17) is 27.6 Å². The summed E-state index contributed by atoms with van der Waals surface area (Å²) in [5.74, 6) is 0.232. The number of likely N-dealkylation sites (tertiary alicyclic amines) is 1. The third kappa shape index (κ3) is 4.37. The van der Waals surface area contributed by atoms with Crippen LogP contribution < -0.4 is 0 Å². The summed E-state index contributed by atoms with van der Waals surface area (Å²) in [5.41, 5.74) is 0.922. The van der Waals surface area contributed by atoms with Crippen molar-refractivity contribution in [2.45, 2.75) is 23.8 Å². The highest BCUT2D eigenvalue weighted by atomic mass is 35.5. The van der Waals surface area contributed by atoms with E-state index in [1.165, 1.54) is 6.26 Å². The Morgan fingerprint density at radius 2 is 1.96 bits per heavy atom. The van der Waals surface area contributed by atoms with Crippen LogP contribution in [0.5, 0.6) is 0 Å². The summed E-state index contributed by atoms with van der Waals surface area (Å²) < 4.78 is 29.6. The fourth-order valence-electron chi connectivity index (χ4n) is 2.68. The second-order valence-corrected chi connectivity index (χ2v) is 9.15. The van der Waals surface area contributed by atoms with Crippen molar-refractivity contribution in [2.24, 2.45) is 0 Å². The second-order valence-electron chi connectivity index (χ2n) is 6.06. The number of nitrogens with zero attached hydrogens (tertiary/aromatic N) is 1. The monoisotopic (exact) mass is 401 g/mol. The van der Waals surface area contributed by atoms with E-state index < -0.39 is 15.1 Å². The average Bonchev–Trinajstić information content (AvgIpc) is 2.98. The molecule has 0 atom stereocenters. The maximum absolute atomic E-state index is 12.3. The Kier molecular flexibility index (Phi) is 5.41. The number of furan rings is 1. The van der Waals surface area contributed by atoms with Crippen LogP contribution in [0.25, 0.3) is 0 Å². The number of carbonyl (C=O) groups excluding carboxylic acids is 1. The number of carbonyl (C=O) groups is 1. The summed E-state index contributed by atoms with van der Waals surface area (Å²) in [7, 11) is -3.31. The van der Waals surface area contributed by atoms with Gasteiger partial charge in [-0.1, -0.05) is 29.3 Å². The SMILES string of the molecule is O=C(CCc1ccc(Cl)c(Cl)c1)N1CC(S(=O)(=O)Cc2ccco2)C1. The minimum atomic E-state index is -3.31. The van der Waals surface area contributed by atoms with Crippen molar-refractivity contribution in [3.8, 4) is 0 Å². The summed E-state index contributed by atoms with van der Waals surface area (Å²) in [4.78, 5) is 13.8. The topological polar surface area (TPSA) is 67.6 Å². The van der Waals surface area contributed by atoms with Crippen LogP contribution in [0.4, 0.5) is 0 Å². The maximum Gasteiger partial charge on any atom is 0.222 e. The van der Waals surface area contributed by atoms with E-state index in [1.54, 1.807) is 29.2 Å². The zero-order valence-electron chi connectivity index (χ0n) is 13.3. The third-order valence-electron chi connectivity index (χ3n) is 4.24. The summed E-state index contributed by atoms with van der Waals surface area (Å²) >= 11 is 11.8. The normalized spacial score (nSPS) is 15.2. The Morgan fingerprint density at radius 1 is 1.20 bits per heavy atom. The number of amides is 1. The number of aryl methyl sites for hydroxylation is 1. The van der Waals surface area contributed by atoms with Crippen molar-refractivity contribution in [1.82, 2.24) is 4.90 Å². The molecule has 1 aromatic carbocycles. The molecule has 1 aliphatic heterocycles. The number of rotatable bonds is 6. The standard InChI is InChI=1S/C17H17Cl2NO4S/c18-15-5-3-12(8-16(15)19)4-6-17(21)20-9-14(10-20)25(22,23)11-13-2-1-7-24-13/h1-3,5,7-8,14H,4,6,9-11H2. The van der Waals surface area contributed by atoms with Gasteiger partial charge in [0, 0.05) is 19.5 Å². The lowest BCUT2D eigenvalue weighted by molar-refractivity contribution is -0.134. The van der Waals surface area contributed by atoms with E-state index in [-0.39, 0.29) is 24.7 Å². The zero-order chi connectivity index (χ0) is 18.0. The molecular formula is C17H17Cl2NO4S. The van der Waals surface area contributed by atoms with Crippen LogP contribution in [0.2, 0.25) is 10.0 Å². The van der Waals surface area contributed by atoms with Crippen molar-refractivity contribution < 1.29 is 17.6 Å². The van der Waals surface area contributed by atoms with Crippen LogP contribution in [0.1, 0.15) is 17.7 Å². The number of hydrogen-bond donors (Lipinski definition) is 0. The van der Waals surface area contributed by atoms with Gasteiger partial charge in [0.15, 0.2) is 9.84 Å². The van der Waals surface area contributed by atoms with E-state index in [2.05, 4.69) is 0 Å². The van der Waals surface area contributed by atoms with Gasteiger partial charge in [0.1, 0.15) is 11.5 Å². The Hall–Kier alpha value is -1.50. The molecule has 0 radical (unpaired) electrons. The molecule has 1 saturated heterocycles. The Bertz CT molecular complexity index is 859. The highest BCUT2D eigenvalue weighted by Crippen LogP contribution is 2.24. The van der Waals surface area contributed by atoms with E-state index >= 15 is 0 Å². The summed E-state index contributed by atoms with van der Waals surface area (Å²) in [6.07, 6.45) is 2.30. The number of hydrogen-bond acceptors (Lipinski definition) is 4. The minimum Gasteiger partial charge on any atom is -0.468 e. The van der Waals surface area contributed by atoms with Gasteiger partial charge in [0.2, 0.25) is 5.91 Å². The summed E-state index contributed by atoms with van der Waals surface area (Å²) in [6.45, 7) is 0.479. The molecule has 1 fully saturated rings. The molecule has 0 aliphatic carbocycles. The molecule has 0 saturated carbocycles. The lowest BCUT2D eigenvalue weighted by Crippen LogP contribution is -2.57. The van der Waals surface area contributed by atoms with Gasteiger partial charge < -0.3 is 9.32 Å². The molecule has 3 rings (SSSR count). The third-order valence-corrected chi connectivity index (χ3v) is 6.98. The van der Waals surface area contributed by atoms with Crippen molar-refractivity contribution in [3.63, 3.8) is 0 Å². The van der Waals surface area contributed by atoms with Crippen molar-refractivity contribution in [3.05, 3.63) is 58.0 Å². The van der Waals surface area contributed by atoms with Crippen LogP contribution in [0.3, 0.4) is 0 Å². The van der Waals surface area contributed by atoms with Gasteiger partial charge in [-0.2, -0.15) is 0 Å². The number of benzene rings is 1. The maximum atomic E-state index is 12.3. The lowest BCUT2D eigenvalue weighted by atomic mass is 10.1. The van der Waals surface area contributed by atoms with Gasteiger partial charge >= 0.3 is 0 Å². The number of sulfone groups is 1. The molecular weight excluding hydrogens is 385 g/mol. The quantitative estimate of drug-likeness (QED) is 0.743. The van der Waals surface area contributed by atoms with Crippen molar-refractivity contribution >= 4 is 38.9 Å². The molecule has 8 heteroatoms. The minimum absolute atomic E-state index is 0.0597. The van der Waals surface area contributed by atoms with Crippen LogP contribution in [0.15, 0.2) is 41.0 Å². The Balaban J connectivity index is 1.48. The van der Waals surface area contributed by atoms with E-state index in [9.17, 15) is 13.2 Å². The smallest absolute Gasteiger partial charge is 0.222 e. The molecule has 134 valence electrons. The molecule has 0 N–H and O–H groups in total. The van der Waals surface area contributed by atoms with Crippen molar-refractivity contribution in [1.29, 1.82) is 0 Å². The van der Waals surface area contributed by atoms with Gasteiger partial charge in [0.25, 0.3) is 0 Å². The van der Waals surface area contributed by atoms with Gasteiger partial charge in [0.05, 0.1) is 21.6 Å². The van der Waals surface area contributed by atoms with E-state index in [1.807, 2.05) is 6.07 Å². The van der Waals surface area contributed by atoms with Gasteiger partial charge in [-0.25, -0.2) is 8.42 Å². The average molecular weight is 402 g/mol. The molecule has 1 aromatic heterocycles. The molecule has 25 heavy (non-hydrogen) atoms. The van der Waals surface area contributed by atoms with Crippen LogP contribution in [-0.4, -0.2) is 37.6 Å². The summed E-state index contributed by atoms with van der Waals surface area (Å²) in [5, 5.41) is 0.412. The second kappa shape index (κ2) is 7.40. The van der Waals surface area contributed by atoms with E-state index in [0.717, 1.165) is 5.56 Å². The summed E-state index contributed by atoms with van der Waals surface area (Å²) in [6, 6.07) is 8.56. The largest absolute Gasteiger partial charge is 0.468 e. The highest BCUT2D eigenvalue weighted by molar-refractivity contribution is 7.91. The predicted octanol–water partition coefficient (Wildman–Crippen LogP) is 3.34. The van der Waals surface area contributed by atoms with Gasteiger partial charge in [-0.15, -0.1) is 0 Å². The molecule has 0 spiro atoms. The zero-order valence-corrected chi connectivity index (χ0v) is 15.6. The first-order valence-electron chi connectivity index (χ1n) is 7.81. The molecule has 0 unspecified atom stereocenters. The molecule has 0 bridgehead atoms. The van der Waals surface area contributed by atoms with E-state index in [0.29, 0.717) is 28.6 Å². The van der Waals surface area contributed by atoms with Crippen molar-refractivity contribution in [2.75, 3.05) is 13.1 Å². The van der Waals surface area contributed by atoms with Crippen LogP contribution >= 0.6 is 23.2 Å². The molecule has 2 heterocycles.